The lowest BCUT2D eigenvalue weighted by molar-refractivity contribution is 0.122. The van der Waals surface area contributed by atoms with Crippen molar-refractivity contribution in [3.8, 4) is 23.3 Å². The minimum absolute atomic E-state index is 0.00872. The average Bonchev–Trinajstić information content (AvgIpc) is 3.68. The standard InChI is InChI=1S/C30H33N13O2/c1-19-32-17-23(41(19)2)18-43-39-28(38-40-43)21-11-25-26(33-16-21)12-27(42-7-9-44-10-8-42)37-29(25)45-24-5-3-22(4-6-24)36-30-34-14-20(13-31)15-35-30/h11-12,14-17,22,24H,3-10,18H2,1-2H3,(H,34,35,36). The second-order valence-corrected chi connectivity index (χ2v) is 11.3. The van der Waals surface area contributed by atoms with E-state index in [0.29, 0.717) is 43.0 Å². The highest BCUT2D eigenvalue weighted by Gasteiger charge is 2.25. The number of anilines is 2. The molecule has 0 bridgehead atoms. The van der Waals surface area contributed by atoms with Crippen molar-refractivity contribution in [2.45, 2.75) is 51.3 Å². The number of morpholine rings is 1. The molecule has 0 unspecified atom stereocenters. The molecule has 2 fully saturated rings. The van der Waals surface area contributed by atoms with Crippen LogP contribution in [0.1, 0.15) is 42.8 Å². The second kappa shape index (κ2) is 12.4. The van der Waals surface area contributed by atoms with Gasteiger partial charge in [-0.15, -0.1) is 10.2 Å². The van der Waals surface area contributed by atoms with E-state index in [1.54, 1.807) is 11.0 Å². The summed E-state index contributed by atoms with van der Waals surface area (Å²) in [6.45, 7) is 5.24. The van der Waals surface area contributed by atoms with Crippen LogP contribution >= 0.6 is 0 Å². The number of nitriles is 1. The fourth-order valence-corrected chi connectivity index (χ4v) is 5.64. The lowest BCUT2D eigenvalue weighted by atomic mass is 9.93. The number of nitrogens with one attached hydrogen (secondary N) is 1. The maximum Gasteiger partial charge on any atom is 0.225 e. The molecule has 0 radical (unpaired) electrons. The normalized spacial score (nSPS) is 18.6. The van der Waals surface area contributed by atoms with Crippen LogP contribution in [0.15, 0.2) is 36.9 Å². The Morgan fingerprint density at radius 2 is 1.82 bits per heavy atom. The Morgan fingerprint density at radius 1 is 1.02 bits per heavy atom. The Labute approximate surface area is 259 Å². The van der Waals surface area contributed by atoms with E-state index in [9.17, 15) is 0 Å². The largest absolute Gasteiger partial charge is 0.474 e. The lowest BCUT2D eigenvalue weighted by Gasteiger charge is -2.31. The molecule has 0 atom stereocenters. The number of pyridine rings is 2. The Kier molecular flexibility index (Phi) is 7.87. The Bertz CT molecular complexity index is 1830. The molecule has 1 aliphatic heterocycles. The molecule has 7 rings (SSSR count). The van der Waals surface area contributed by atoms with Gasteiger partial charge in [-0.1, -0.05) is 0 Å². The first-order valence-corrected chi connectivity index (χ1v) is 15.1. The van der Waals surface area contributed by atoms with Crippen LogP contribution in [0.3, 0.4) is 0 Å². The van der Waals surface area contributed by atoms with Crippen LogP contribution in [-0.4, -0.2) is 88.1 Å². The molecule has 5 aromatic heterocycles. The van der Waals surface area contributed by atoms with Gasteiger partial charge in [0.05, 0.1) is 54.0 Å². The van der Waals surface area contributed by atoms with Gasteiger partial charge < -0.3 is 24.3 Å². The number of aromatic nitrogens is 10. The fourth-order valence-electron chi connectivity index (χ4n) is 5.64. The summed E-state index contributed by atoms with van der Waals surface area (Å²) in [6.07, 6.45) is 10.1. The zero-order chi connectivity index (χ0) is 30.8. The summed E-state index contributed by atoms with van der Waals surface area (Å²) < 4.78 is 14.2. The molecule has 15 nitrogen and oxygen atoms in total. The van der Waals surface area contributed by atoms with E-state index in [-0.39, 0.29) is 12.1 Å². The quantitative estimate of drug-likeness (QED) is 0.273. The van der Waals surface area contributed by atoms with Crippen LogP contribution < -0.4 is 15.0 Å². The topological polar surface area (TPSA) is 170 Å². The number of hydrogen-bond donors (Lipinski definition) is 1. The average molecular weight is 608 g/mol. The van der Waals surface area contributed by atoms with Crippen LogP contribution in [0.4, 0.5) is 11.8 Å². The van der Waals surface area contributed by atoms with Crippen molar-refractivity contribution in [3.63, 3.8) is 0 Å². The van der Waals surface area contributed by atoms with Crippen LogP contribution in [0.25, 0.3) is 22.3 Å². The minimum atomic E-state index is -0.00872. The molecular weight excluding hydrogens is 574 g/mol. The van der Waals surface area contributed by atoms with Crippen molar-refractivity contribution in [3.05, 3.63) is 54.0 Å². The van der Waals surface area contributed by atoms with Crippen molar-refractivity contribution in [1.82, 2.24) is 49.7 Å². The van der Waals surface area contributed by atoms with Crippen molar-refractivity contribution in [1.29, 1.82) is 5.26 Å². The Hall–Kier alpha value is -5.23. The monoisotopic (exact) mass is 607 g/mol. The maximum atomic E-state index is 9.00. The van der Waals surface area contributed by atoms with Gasteiger partial charge in [0.15, 0.2) is 0 Å². The molecule has 0 amide bonds. The zero-order valence-corrected chi connectivity index (χ0v) is 25.2. The number of tetrazole rings is 1. The van der Waals surface area contributed by atoms with Gasteiger partial charge in [-0.2, -0.15) is 15.0 Å². The van der Waals surface area contributed by atoms with E-state index in [1.807, 2.05) is 42.9 Å². The molecule has 6 heterocycles. The number of rotatable bonds is 8. The molecule has 0 spiro atoms. The molecule has 1 N–H and O–H groups in total. The number of ether oxygens (including phenoxy) is 2. The van der Waals surface area contributed by atoms with Crippen molar-refractivity contribution < 1.29 is 9.47 Å². The predicted molar refractivity (Wildman–Crippen MR) is 163 cm³/mol. The molecule has 1 aliphatic carbocycles. The SMILES string of the molecule is Cc1ncc(Cn2nnc(-c3cnc4cc(N5CCOCC5)nc(OC5CCC(Nc6ncc(C#N)cn6)CC5)c4c3)n2)n1C. The van der Waals surface area contributed by atoms with E-state index < -0.39 is 0 Å². The number of nitrogens with zero attached hydrogens (tertiary/aromatic N) is 12. The third-order valence-electron chi connectivity index (χ3n) is 8.36. The second-order valence-electron chi connectivity index (χ2n) is 11.3. The summed E-state index contributed by atoms with van der Waals surface area (Å²) in [5, 5.41) is 26.4. The van der Waals surface area contributed by atoms with Gasteiger partial charge in [0.25, 0.3) is 0 Å². The van der Waals surface area contributed by atoms with Gasteiger partial charge in [0, 0.05) is 44.0 Å². The number of imidazole rings is 1. The van der Waals surface area contributed by atoms with E-state index in [0.717, 1.165) is 72.6 Å². The fraction of sp³-hybridized carbons (Fsp3) is 0.433. The third kappa shape index (κ3) is 6.22. The molecule has 5 aromatic rings. The molecular formula is C30H33N13O2. The molecule has 45 heavy (non-hydrogen) atoms. The van der Waals surface area contributed by atoms with Crippen LogP contribution in [0, 0.1) is 18.3 Å². The van der Waals surface area contributed by atoms with Gasteiger partial charge in [0.1, 0.15) is 30.4 Å². The van der Waals surface area contributed by atoms with Crippen molar-refractivity contribution in [2.24, 2.45) is 7.05 Å². The number of aryl methyl sites for hydroxylation is 1. The minimum Gasteiger partial charge on any atom is -0.474 e. The molecule has 15 heteroatoms. The Morgan fingerprint density at radius 3 is 2.56 bits per heavy atom. The smallest absolute Gasteiger partial charge is 0.225 e. The first-order valence-electron chi connectivity index (χ1n) is 15.1. The lowest BCUT2D eigenvalue weighted by Crippen LogP contribution is -2.37. The summed E-state index contributed by atoms with van der Waals surface area (Å²) in [6, 6.07) is 6.26. The van der Waals surface area contributed by atoms with Crippen LogP contribution in [0.5, 0.6) is 5.88 Å². The van der Waals surface area contributed by atoms with Gasteiger partial charge >= 0.3 is 0 Å². The summed E-state index contributed by atoms with van der Waals surface area (Å²) in [7, 11) is 1.97. The van der Waals surface area contributed by atoms with E-state index in [2.05, 4.69) is 40.6 Å². The number of hydrogen-bond acceptors (Lipinski definition) is 13. The molecule has 230 valence electrons. The molecule has 1 saturated carbocycles. The van der Waals surface area contributed by atoms with Crippen LogP contribution in [0.2, 0.25) is 0 Å². The maximum absolute atomic E-state index is 9.00. The molecule has 0 aromatic carbocycles. The predicted octanol–water partition coefficient (Wildman–Crippen LogP) is 2.67. The summed E-state index contributed by atoms with van der Waals surface area (Å²) >= 11 is 0. The van der Waals surface area contributed by atoms with Gasteiger partial charge in [-0.3, -0.25) is 4.98 Å². The zero-order valence-electron chi connectivity index (χ0n) is 25.2. The van der Waals surface area contributed by atoms with Gasteiger partial charge in [-0.25, -0.2) is 15.0 Å². The summed E-state index contributed by atoms with van der Waals surface area (Å²) in [4.78, 5) is 26.4. The van der Waals surface area contributed by atoms with Crippen LogP contribution in [-0.2, 0) is 18.3 Å². The Balaban J connectivity index is 1.11. The number of fused-ring (bicyclic) bond motifs is 1. The summed E-state index contributed by atoms with van der Waals surface area (Å²) in [5.74, 6) is 3.30. The highest BCUT2D eigenvalue weighted by molar-refractivity contribution is 5.88. The highest BCUT2D eigenvalue weighted by atomic mass is 16.5. The summed E-state index contributed by atoms with van der Waals surface area (Å²) in [5.41, 5.74) is 2.94. The molecule has 2 aliphatic rings. The highest BCUT2D eigenvalue weighted by Crippen LogP contribution is 2.33. The van der Waals surface area contributed by atoms with E-state index in [1.165, 1.54) is 12.4 Å². The first-order chi connectivity index (χ1) is 22.0. The third-order valence-corrected chi connectivity index (χ3v) is 8.36. The van der Waals surface area contributed by atoms with Gasteiger partial charge in [0.2, 0.25) is 17.7 Å². The van der Waals surface area contributed by atoms with E-state index in [4.69, 9.17) is 24.7 Å². The first kappa shape index (κ1) is 28.5. The van der Waals surface area contributed by atoms with Gasteiger partial charge in [-0.05, 0) is 43.9 Å². The van der Waals surface area contributed by atoms with Crippen molar-refractivity contribution in [2.75, 3.05) is 36.5 Å². The molecule has 1 saturated heterocycles. The van der Waals surface area contributed by atoms with Crippen molar-refractivity contribution >= 4 is 22.7 Å². The van der Waals surface area contributed by atoms with E-state index >= 15 is 0 Å².